The molecule has 0 saturated heterocycles. The third kappa shape index (κ3) is 4.39. The van der Waals surface area contributed by atoms with Gasteiger partial charge in [0, 0.05) is 12.3 Å². The van der Waals surface area contributed by atoms with Crippen molar-refractivity contribution in [2.75, 3.05) is 7.11 Å². The second-order valence-electron chi connectivity index (χ2n) is 8.44. The van der Waals surface area contributed by atoms with E-state index < -0.39 is 20.2 Å². The minimum Gasteiger partial charge on any atom is -0.468 e. The van der Waals surface area contributed by atoms with E-state index in [-0.39, 0.29) is 22.8 Å². The van der Waals surface area contributed by atoms with Crippen molar-refractivity contribution in [3.8, 4) is 0 Å². The summed E-state index contributed by atoms with van der Waals surface area (Å²) in [6, 6.07) is 9.97. The topological polar surface area (TPSA) is 52.6 Å². The number of hydrogen-bond donors (Lipinski definition) is 0. The number of hydrogen-bond acceptors (Lipinski definition) is 4. The molecule has 0 heterocycles. The van der Waals surface area contributed by atoms with E-state index in [1.165, 1.54) is 7.11 Å². The van der Waals surface area contributed by atoms with Gasteiger partial charge in [0.1, 0.15) is 11.7 Å². The maximum absolute atomic E-state index is 12.6. The summed E-state index contributed by atoms with van der Waals surface area (Å²) in [5, 5.41) is 0.0523. The van der Waals surface area contributed by atoms with E-state index in [9.17, 15) is 9.59 Å². The lowest BCUT2D eigenvalue weighted by molar-refractivity contribution is -0.150. The first kappa shape index (κ1) is 19.9. The van der Waals surface area contributed by atoms with Crippen molar-refractivity contribution in [3.05, 3.63) is 35.9 Å². The van der Waals surface area contributed by atoms with Crippen molar-refractivity contribution in [1.82, 2.24) is 0 Å². The average molecular weight is 363 g/mol. The standard InChI is InChI=1S/C20H30O4Si/c1-20(2,3)25(5,6)24-17-13-16(21)18(19(22)23-4)15(17)12-14-10-8-7-9-11-14/h7-11,15,17-18H,12-13H2,1-6H3/t15-,17+,18+/m1/s1. The molecule has 0 unspecified atom stereocenters. The number of rotatable bonds is 5. The molecule has 1 aromatic carbocycles. The van der Waals surface area contributed by atoms with Crippen LogP contribution in [0.15, 0.2) is 30.3 Å². The van der Waals surface area contributed by atoms with Crippen molar-refractivity contribution in [2.24, 2.45) is 11.8 Å². The van der Waals surface area contributed by atoms with Crippen molar-refractivity contribution < 1.29 is 18.8 Å². The first-order valence-corrected chi connectivity index (χ1v) is 11.8. The van der Waals surface area contributed by atoms with Crippen molar-refractivity contribution in [3.63, 3.8) is 0 Å². The quantitative estimate of drug-likeness (QED) is 0.451. The normalized spacial score (nSPS) is 24.4. The first-order chi connectivity index (χ1) is 11.6. The molecule has 0 radical (unpaired) electrons. The summed E-state index contributed by atoms with van der Waals surface area (Å²) in [5.41, 5.74) is 1.11. The van der Waals surface area contributed by atoms with Crippen LogP contribution >= 0.6 is 0 Å². The van der Waals surface area contributed by atoms with E-state index in [1.807, 2.05) is 30.3 Å². The fourth-order valence-corrected chi connectivity index (χ4v) is 4.55. The van der Waals surface area contributed by atoms with Gasteiger partial charge in [0.25, 0.3) is 0 Å². The molecular weight excluding hydrogens is 332 g/mol. The van der Waals surface area contributed by atoms with Crippen LogP contribution in [0.3, 0.4) is 0 Å². The minimum atomic E-state index is -2.04. The van der Waals surface area contributed by atoms with Gasteiger partial charge in [-0.3, -0.25) is 9.59 Å². The second-order valence-corrected chi connectivity index (χ2v) is 13.2. The maximum atomic E-state index is 12.6. The van der Waals surface area contributed by atoms with E-state index in [4.69, 9.17) is 9.16 Å². The minimum absolute atomic E-state index is 0.0523. The highest BCUT2D eigenvalue weighted by molar-refractivity contribution is 6.74. The van der Waals surface area contributed by atoms with Gasteiger partial charge >= 0.3 is 5.97 Å². The van der Waals surface area contributed by atoms with Crippen molar-refractivity contribution >= 4 is 20.1 Å². The summed E-state index contributed by atoms with van der Waals surface area (Å²) in [6.07, 6.45) is 0.716. The zero-order chi connectivity index (χ0) is 18.8. The molecule has 1 fully saturated rings. The highest BCUT2D eigenvalue weighted by Gasteiger charge is 2.50. The molecule has 25 heavy (non-hydrogen) atoms. The number of carbonyl (C=O) groups excluding carboxylic acids is 2. The summed E-state index contributed by atoms with van der Waals surface area (Å²) in [5.74, 6) is -1.39. The Hall–Kier alpha value is -1.46. The van der Waals surface area contributed by atoms with Crippen LogP contribution in [0.25, 0.3) is 0 Å². The molecule has 0 bridgehead atoms. The number of carbonyl (C=O) groups is 2. The highest BCUT2D eigenvalue weighted by Crippen LogP contribution is 2.42. The Bertz CT molecular complexity index is 618. The number of ether oxygens (including phenoxy) is 1. The lowest BCUT2D eigenvalue weighted by Gasteiger charge is -2.40. The Balaban J connectivity index is 2.30. The molecule has 1 aromatic rings. The molecule has 0 N–H and O–H groups in total. The lowest BCUT2D eigenvalue weighted by Crippen LogP contribution is -2.45. The van der Waals surface area contributed by atoms with Gasteiger partial charge in [-0.2, -0.15) is 0 Å². The number of Topliss-reactive ketones (excluding diaryl/α,β-unsaturated/α-hetero) is 1. The highest BCUT2D eigenvalue weighted by atomic mass is 28.4. The lowest BCUT2D eigenvalue weighted by atomic mass is 9.88. The summed E-state index contributed by atoms with van der Waals surface area (Å²) < 4.78 is 11.5. The van der Waals surface area contributed by atoms with Gasteiger partial charge in [0.2, 0.25) is 0 Å². The number of benzene rings is 1. The number of esters is 1. The third-order valence-electron chi connectivity index (χ3n) is 5.68. The van der Waals surface area contributed by atoms with Gasteiger partial charge in [-0.25, -0.2) is 0 Å². The van der Waals surface area contributed by atoms with Crippen LogP contribution in [0.1, 0.15) is 32.8 Å². The Morgan fingerprint density at radius 2 is 1.80 bits per heavy atom. The van der Waals surface area contributed by atoms with E-state index in [0.29, 0.717) is 12.8 Å². The van der Waals surface area contributed by atoms with Gasteiger partial charge in [-0.05, 0) is 30.1 Å². The summed E-state index contributed by atoms with van der Waals surface area (Å²) in [4.78, 5) is 24.8. The van der Waals surface area contributed by atoms with Crippen LogP contribution in [0, 0.1) is 11.8 Å². The smallest absolute Gasteiger partial charge is 0.316 e. The van der Waals surface area contributed by atoms with Crippen LogP contribution in [0.5, 0.6) is 0 Å². The van der Waals surface area contributed by atoms with Crippen molar-refractivity contribution in [1.29, 1.82) is 0 Å². The van der Waals surface area contributed by atoms with Gasteiger partial charge < -0.3 is 9.16 Å². The van der Waals surface area contributed by atoms with Crippen LogP contribution in [-0.2, 0) is 25.2 Å². The molecule has 3 atom stereocenters. The van der Waals surface area contributed by atoms with Crippen LogP contribution in [0.2, 0.25) is 18.1 Å². The molecular formula is C20H30O4Si. The molecule has 0 amide bonds. The molecule has 1 saturated carbocycles. The molecule has 4 nitrogen and oxygen atoms in total. The molecule has 0 aromatic heterocycles. The molecule has 138 valence electrons. The molecule has 0 aliphatic heterocycles. The monoisotopic (exact) mass is 362 g/mol. The van der Waals surface area contributed by atoms with Gasteiger partial charge in [0.15, 0.2) is 8.32 Å². The SMILES string of the molecule is COC(=O)[C@@H]1C(=O)C[C@H](O[Si](C)(C)C(C)(C)C)[C@H]1Cc1ccccc1. The van der Waals surface area contributed by atoms with E-state index in [0.717, 1.165) is 5.56 Å². The fraction of sp³-hybridized carbons (Fsp3) is 0.600. The number of methoxy groups -OCH3 is 1. The fourth-order valence-electron chi connectivity index (χ4n) is 3.18. The van der Waals surface area contributed by atoms with Gasteiger partial charge in [0.05, 0.1) is 13.2 Å². The van der Waals surface area contributed by atoms with E-state index in [2.05, 4.69) is 33.9 Å². The zero-order valence-electron chi connectivity index (χ0n) is 16.2. The van der Waals surface area contributed by atoms with Gasteiger partial charge in [-0.15, -0.1) is 0 Å². The zero-order valence-corrected chi connectivity index (χ0v) is 17.2. The predicted molar refractivity (Wildman–Crippen MR) is 101 cm³/mol. The molecule has 1 aliphatic carbocycles. The predicted octanol–water partition coefficient (Wildman–Crippen LogP) is 4.00. The number of ketones is 1. The van der Waals surface area contributed by atoms with E-state index >= 15 is 0 Å². The molecule has 2 rings (SSSR count). The molecule has 1 aliphatic rings. The average Bonchev–Trinajstić information content (AvgIpc) is 2.81. The first-order valence-electron chi connectivity index (χ1n) is 8.89. The van der Waals surface area contributed by atoms with Crippen LogP contribution < -0.4 is 0 Å². The Kier molecular flexibility index (Phi) is 5.89. The molecule has 5 heteroatoms. The summed E-state index contributed by atoms with van der Waals surface area (Å²) >= 11 is 0. The Labute approximate surface area is 152 Å². The summed E-state index contributed by atoms with van der Waals surface area (Å²) in [6.45, 7) is 10.9. The van der Waals surface area contributed by atoms with Gasteiger partial charge in [-0.1, -0.05) is 51.1 Å². The third-order valence-corrected chi connectivity index (χ3v) is 10.2. The van der Waals surface area contributed by atoms with E-state index in [1.54, 1.807) is 0 Å². The van der Waals surface area contributed by atoms with Crippen LogP contribution in [0.4, 0.5) is 0 Å². The Morgan fingerprint density at radius 3 is 2.32 bits per heavy atom. The van der Waals surface area contributed by atoms with Crippen LogP contribution in [-0.4, -0.2) is 33.3 Å². The molecule has 0 spiro atoms. The second kappa shape index (κ2) is 7.42. The Morgan fingerprint density at radius 1 is 1.20 bits per heavy atom. The summed E-state index contributed by atoms with van der Waals surface area (Å²) in [7, 11) is -0.693. The van der Waals surface area contributed by atoms with Crippen molar-refractivity contribution in [2.45, 2.75) is 57.8 Å². The largest absolute Gasteiger partial charge is 0.468 e. The maximum Gasteiger partial charge on any atom is 0.316 e.